The van der Waals surface area contributed by atoms with E-state index >= 15 is 0 Å². The molecule has 106 valence electrons. The molecule has 0 saturated heterocycles. The number of hydrogen-bond acceptors (Lipinski definition) is 3. The highest BCUT2D eigenvalue weighted by molar-refractivity contribution is 9.09. The van der Waals surface area contributed by atoms with Crippen LogP contribution in [0.5, 0.6) is 0 Å². The number of unbranched alkanes of at least 4 members (excludes halogenated alkanes) is 1. The van der Waals surface area contributed by atoms with Gasteiger partial charge < -0.3 is 15.7 Å². The Kier molecular flexibility index (Phi) is 7.47. The lowest BCUT2D eigenvalue weighted by Crippen LogP contribution is -2.46. The highest BCUT2D eigenvalue weighted by Crippen LogP contribution is 2.16. The van der Waals surface area contributed by atoms with Gasteiger partial charge in [0.25, 0.3) is 0 Å². The summed E-state index contributed by atoms with van der Waals surface area (Å²) in [6.45, 7) is 6.57. The molecule has 0 aromatic rings. The van der Waals surface area contributed by atoms with Crippen molar-refractivity contribution < 1.29 is 14.7 Å². The molecule has 18 heavy (non-hydrogen) atoms. The molecule has 0 aromatic carbocycles. The van der Waals surface area contributed by atoms with Crippen LogP contribution in [0.4, 0.5) is 0 Å². The maximum absolute atomic E-state index is 11.8. The maximum Gasteiger partial charge on any atom is 0.320 e. The number of carbonyl (C=O) groups is 2. The highest BCUT2D eigenvalue weighted by Gasteiger charge is 2.25. The smallest absolute Gasteiger partial charge is 0.320 e. The van der Waals surface area contributed by atoms with Crippen molar-refractivity contribution in [2.45, 2.75) is 51.6 Å². The Morgan fingerprint density at radius 1 is 1.33 bits per heavy atom. The van der Waals surface area contributed by atoms with Gasteiger partial charge in [-0.3, -0.25) is 9.59 Å². The fraction of sp³-hybridized carbons (Fsp3) is 0.833. The molecule has 0 saturated carbocycles. The first-order chi connectivity index (χ1) is 8.20. The van der Waals surface area contributed by atoms with E-state index in [-0.39, 0.29) is 11.4 Å². The summed E-state index contributed by atoms with van der Waals surface area (Å²) in [5, 5.41) is 8.95. The van der Waals surface area contributed by atoms with Gasteiger partial charge >= 0.3 is 5.97 Å². The molecule has 0 aliphatic rings. The van der Waals surface area contributed by atoms with Crippen molar-refractivity contribution >= 4 is 27.8 Å². The van der Waals surface area contributed by atoms with E-state index in [1.165, 1.54) is 0 Å². The predicted molar refractivity (Wildman–Crippen MR) is 74.7 cm³/mol. The van der Waals surface area contributed by atoms with Crippen LogP contribution in [0.3, 0.4) is 0 Å². The van der Waals surface area contributed by atoms with Crippen LogP contribution in [-0.4, -0.2) is 45.3 Å². The first kappa shape index (κ1) is 17.4. The lowest BCUT2D eigenvalue weighted by atomic mass is 10.0. The van der Waals surface area contributed by atoms with Crippen LogP contribution in [-0.2, 0) is 9.59 Å². The van der Waals surface area contributed by atoms with Gasteiger partial charge in [-0.2, -0.15) is 0 Å². The van der Waals surface area contributed by atoms with E-state index < -0.39 is 12.0 Å². The Morgan fingerprint density at radius 2 is 1.89 bits per heavy atom. The van der Waals surface area contributed by atoms with E-state index in [1.807, 2.05) is 20.8 Å². The Bertz CT molecular complexity index is 290. The first-order valence-corrected chi connectivity index (χ1v) is 7.17. The summed E-state index contributed by atoms with van der Waals surface area (Å²) in [5.74, 6) is -0.927. The molecular weight excluding hydrogens is 300 g/mol. The number of nitrogens with zero attached hydrogens (tertiary/aromatic N) is 1. The molecular formula is C12H23BrN2O3. The van der Waals surface area contributed by atoms with E-state index in [0.29, 0.717) is 24.7 Å². The van der Waals surface area contributed by atoms with E-state index in [4.69, 9.17) is 10.8 Å². The molecule has 0 unspecified atom stereocenters. The molecule has 5 nitrogen and oxygen atoms in total. The lowest BCUT2D eigenvalue weighted by Gasteiger charge is -2.35. The van der Waals surface area contributed by atoms with Gasteiger partial charge in [0.05, 0.1) is 5.33 Å². The number of alkyl halides is 1. The van der Waals surface area contributed by atoms with Crippen LogP contribution in [0.25, 0.3) is 0 Å². The fourth-order valence-corrected chi connectivity index (χ4v) is 1.97. The van der Waals surface area contributed by atoms with Gasteiger partial charge in [-0.25, -0.2) is 0 Å². The summed E-state index contributed by atoms with van der Waals surface area (Å²) in [5.41, 5.74) is 5.20. The SMILES string of the molecule is CC(C)(C)N(CCCC[C@H](N)C(=O)O)C(=O)CBr. The molecule has 1 atom stereocenters. The zero-order valence-corrected chi connectivity index (χ0v) is 12.9. The van der Waals surface area contributed by atoms with E-state index in [9.17, 15) is 9.59 Å². The molecule has 0 radical (unpaired) electrons. The maximum atomic E-state index is 11.8. The number of rotatable bonds is 7. The van der Waals surface area contributed by atoms with Crippen molar-refractivity contribution in [1.29, 1.82) is 0 Å². The summed E-state index contributed by atoms with van der Waals surface area (Å²) >= 11 is 3.17. The monoisotopic (exact) mass is 322 g/mol. The summed E-state index contributed by atoms with van der Waals surface area (Å²) < 4.78 is 0. The van der Waals surface area contributed by atoms with E-state index in [1.54, 1.807) is 4.90 Å². The highest BCUT2D eigenvalue weighted by atomic mass is 79.9. The number of nitrogens with two attached hydrogens (primary N) is 1. The third-order valence-electron chi connectivity index (χ3n) is 2.69. The number of aliphatic carboxylic acids is 1. The zero-order chi connectivity index (χ0) is 14.3. The molecule has 0 aromatic heterocycles. The normalized spacial score (nSPS) is 13.2. The summed E-state index contributed by atoms with van der Waals surface area (Å²) in [6.07, 6.45) is 1.91. The van der Waals surface area contributed by atoms with E-state index in [0.717, 1.165) is 6.42 Å². The van der Waals surface area contributed by atoms with Crippen molar-refractivity contribution in [3.8, 4) is 0 Å². The average Bonchev–Trinajstić information content (AvgIpc) is 2.25. The molecule has 0 aliphatic carbocycles. The summed E-state index contributed by atoms with van der Waals surface area (Å²) in [6, 6.07) is -0.806. The second kappa shape index (κ2) is 7.74. The first-order valence-electron chi connectivity index (χ1n) is 6.05. The average molecular weight is 323 g/mol. The van der Waals surface area contributed by atoms with Gasteiger partial charge in [-0.05, 0) is 40.0 Å². The quantitative estimate of drug-likeness (QED) is 0.550. The Morgan fingerprint density at radius 3 is 2.28 bits per heavy atom. The van der Waals surface area contributed by atoms with E-state index in [2.05, 4.69) is 15.9 Å². The predicted octanol–water partition coefficient (Wildman–Crippen LogP) is 1.59. The topological polar surface area (TPSA) is 83.6 Å². The van der Waals surface area contributed by atoms with Gasteiger partial charge in [-0.1, -0.05) is 15.9 Å². The van der Waals surface area contributed by atoms with Gasteiger partial charge in [0.1, 0.15) is 6.04 Å². The van der Waals surface area contributed by atoms with Gasteiger partial charge in [0, 0.05) is 12.1 Å². The number of hydrogen-bond donors (Lipinski definition) is 2. The number of carboxylic acids is 1. The number of carboxylic acid groups (broad SMARTS) is 1. The van der Waals surface area contributed by atoms with Crippen LogP contribution in [0.1, 0.15) is 40.0 Å². The third-order valence-corrected chi connectivity index (χ3v) is 3.17. The molecule has 3 N–H and O–H groups in total. The Hall–Kier alpha value is -0.620. The van der Waals surface area contributed by atoms with Crippen molar-refractivity contribution in [1.82, 2.24) is 4.90 Å². The second-order valence-corrected chi connectivity index (χ2v) is 5.85. The Balaban J connectivity index is 4.14. The second-order valence-electron chi connectivity index (χ2n) is 5.29. The molecule has 6 heteroatoms. The molecule has 0 spiro atoms. The van der Waals surface area contributed by atoms with Crippen molar-refractivity contribution in [2.24, 2.45) is 5.73 Å². The largest absolute Gasteiger partial charge is 0.480 e. The zero-order valence-electron chi connectivity index (χ0n) is 11.3. The van der Waals surface area contributed by atoms with Crippen LogP contribution in [0.15, 0.2) is 0 Å². The van der Waals surface area contributed by atoms with Gasteiger partial charge in [0.15, 0.2) is 0 Å². The summed E-state index contributed by atoms with van der Waals surface area (Å²) in [4.78, 5) is 24.1. The fourth-order valence-electron chi connectivity index (χ4n) is 1.66. The van der Waals surface area contributed by atoms with Crippen LogP contribution < -0.4 is 5.73 Å². The molecule has 0 fully saturated rings. The third kappa shape index (κ3) is 6.35. The van der Waals surface area contributed by atoms with Gasteiger partial charge in [0.2, 0.25) is 5.91 Å². The minimum Gasteiger partial charge on any atom is -0.480 e. The summed E-state index contributed by atoms with van der Waals surface area (Å²) in [7, 11) is 0. The van der Waals surface area contributed by atoms with Crippen LogP contribution >= 0.6 is 15.9 Å². The van der Waals surface area contributed by atoms with Crippen molar-refractivity contribution in [3.63, 3.8) is 0 Å². The molecule has 0 rings (SSSR count). The van der Waals surface area contributed by atoms with Crippen molar-refractivity contribution in [3.05, 3.63) is 0 Å². The minimum atomic E-state index is -0.973. The number of carbonyl (C=O) groups excluding carboxylic acids is 1. The minimum absolute atomic E-state index is 0.0463. The number of halogens is 1. The standard InChI is InChI=1S/C12H23BrN2O3/c1-12(2,3)15(10(16)8-13)7-5-4-6-9(14)11(17)18/h9H,4-8,14H2,1-3H3,(H,17,18)/t9-/m0/s1. The number of amides is 1. The van der Waals surface area contributed by atoms with Crippen LogP contribution in [0.2, 0.25) is 0 Å². The van der Waals surface area contributed by atoms with Gasteiger partial charge in [-0.15, -0.1) is 0 Å². The molecule has 1 amide bonds. The van der Waals surface area contributed by atoms with Crippen LogP contribution in [0, 0.1) is 0 Å². The lowest BCUT2D eigenvalue weighted by molar-refractivity contribution is -0.139. The van der Waals surface area contributed by atoms with Crippen molar-refractivity contribution in [2.75, 3.05) is 11.9 Å². The molecule has 0 aliphatic heterocycles. The Labute approximate surface area is 117 Å². The molecule has 0 bridgehead atoms. The molecule has 0 heterocycles.